The quantitative estimate of drug-likeness (QED) is 0.692. The van der Waals surface area contributed by atoms with Crippen LogP contribution >= 0.6 is 0 Å². The molecule has 2 heterocycles. The Labute approximate surface area is 116 Å². The lowest BCUT2D eigenvalue weighted by Crippen LogP contribution is -2.22. The molecular weight excluding hydrogens is 283 g/mol. The SMILES string of the molecule is O=c1c2c(C(F)(F)F)cccc2ncn1-c1cccnc1. The van der Waals surface area contributed by atoms with Gasteiger partial charge in [0.25, 0.3) is 5.56 Å². The van der Waals surface area contributed by atoms with Crippen LogP contribution in [0.25, 0.3) is 16.6 Å². The Bertz CT molecular complexity index is 857. The van der Waals surface area contributed by atoms with Crippen molar-refractivity contribution in [2.45, 2.75) is 6.18 Å². The monoisotopic (exact) mass is 291 g/mol. The van der Waals surface area contributed by atoms with Gasteiger partial charge in [0.1, 0.15) is 6.33 Å². The van der Waals surface area contributed by atoms with Crippen LogP contribution in [-0.2, 0) is 6.18 Å². The van der Waals surface area contributed by atoms with E-state index in [2.05, 4.69) is 9.97 Å². The van der Waals surface area contributed by atoms with E-state index in [1.165, 1.54) is 30.9 Å². The molecule has 1 aromatic carbocycles. The molecule has 4 nitrogen and oxygen atoms in total. The standard InChI is InChI=1S/C14H8F3N3O/c15-14(16,17)10-4-1-5-11-12(10)13(21)20(8-19-11)9-3-2-6-18-7-9/h1-8H. The molecule has 0 aliphatic heterocycles. The van der Waals surface area contributed by atoms with Crippen molar-refractivity contribution in [1.82, 2.24) is 14.5 Å². The van der Waals surface area contributed by atoms with Gasteiger partial charge in [-0.25, -0.2) is 4.98 Å². The predicted molar refractivity (Wildman–Crippen MR) is 70.1 cm³/mol. The third-order valence-corrected chi connectivity index (χ3v) is 3.02. The molecule has 3 rings (SSSR count). The van der Waals surface area contributed by atoms with Crippen molar-refractivity contribution < 1.29 is 13.2 Å². The summed E-state index contributed by atoms with van der Waals surface area (Å²) in [6, 6.07) is 6.63. The molecule has 0 atom stereocenters. The number of halogens is 3. The van der Waals surface area contributed by atoms with Crippen molar-refractivity contribution in [2.75, 3.05) is 0 Å². The molecule has 21 heavy (non-hydrogen) atoms. The minimum Gasteiger partial charge on any atom is -0.268 e. The number of hydrogen-bond acceptors (Lipinski definition) is 3. The van der Waals surface area contributed by atoms with Crippen molar-refractivity contribution in [3.8, 4) is 5.69 Å². The van der Waals surface area contributed by atoms with Crippen LogP contribution in [0.2, 0.25) is 0 Å². The molecule has 0 bridgehead atoms. The minimum atomic E-state index is -4.62. The highest BCUT2D eigenvalue weighted by Gasteiger charge is 2.34. The number of fused-ring (bicyclic) bond motifs is 1. The first-order valence-corrected chi connectivity index (χ1v) is 5.96. The van der Waals surface area contributed by atoms with Crippen LogP contribution in [0.15, 0.2) is 53.8 Å². The highest BCUT2D eigenvalue weighted by atomic mass is 19.4. The average molecular weight is 291 g/mol. The van der Waals surface area contributed by atoms with E-state index < -0.39 is 22.7 Å². The third-order valence-electron chi connectivity index (χ3n) is 3.02. The molecule has 0 amide bonds. The molecule has 0 unspecified atom stereocenters. The summed E-state index contributed by atoms with van der Waals surface area (Å²) >= 11 is 0. The van der Waals surface area contributed by atoms with Crippen LogP contribution in [-0.4, -0.2) is 14.5 Å². The molecule has 0 N–H and O–H groups in total. The lowest BCUT2D eigenvalue weighted by Gasteiger charge is -2.11. The zero-order valence-electron chi connectivity index (χ0n) is 10.5. The number of aromatic nitrogens is 3. The maximum absolute atomic E-state index is 13.0. The average Bonchev–Trinajstić information content (AvgIpc) is 2.47. The lowest BCUT2D eigenvalue weighted by molar-refractivity contribution is -0.136. The van der Waals surface area contributed by atoms with Gasteiger partial charge < -0.3 is 0 Å². The van der Waals surface area contributed by atoms with E-state index in [1.54, 1.807) is 12.1 Å². The largest absolute Gasteiger partial charge is 0.417 e. The Morgan fingerprint density at radius 2 is 1.90 bits per heavy atom. The van der Waals surface area contributed by atoms with Gasteiger partial charge in [0.15, 0.2) is 0 Å². The fourth-order valence-electron chi connectivity index (χ4n) is 2.08. The molecule has 0 aliphatic rings. The zero-order chi connectivity index (χ0) is 15.0. The summed E-state index contributed by atoms with van der Waals surface area (Å²) < 4.78 is 40.2. The first kappa shape index (κ1) is 13.3. The fraction of sp³-hybridized carbons (Fsp3) is 0.0714. The van der Waals surface area contributed by atoms with Crippen LogP contribution < -0.4 is 5.56 Å². The summed E-state index contributed by atoms with van der Waals surface area (Å²) in [6.45, 7) is 0. The van der Waals surface area contributed by atoms with Gasteiger partial charge in [0.05, 0.1) is 28.4 Å². The number of alkyl halides is 3. The fourth-order valence-corrected chi connectivity index (χ4v) is 2.08. The summed E-state index contributed by atoms with van der Waals surface area (Å²) in [7, 11) is 0. The molecule has 3 aromatic rings. The van der Waals surface area contributed by atoms with Crippen LogP contribution in [0.4, 0.5) is 13.2 Å². The molecule has 0 saturated carbocycles. The van der Waals surface area contributed by atoms with Crippen LogP contribution in [0.5, 0.6) is 0 Å². The Balaban J connectivity index is 2.38. The lowest BCUT2D eigenvalue weighted by atomic mass is 10.1. The zero-order valence-corrected chi connectivity index (χ0v) is 10.5. The maximum Gasteiger partial charge on any atom is 0.417 e. The van der Waals surface area contributed by atoms with E-state index in [1.807, 2.05) is 0 Å². The molecule has 0 aliphatic carbocycles. The Morgan fingerprint density at radius 3 is 2.57 bits per heavy atom. The smallest absolute Gasteiger partial charge is 0.268 e. The molecule has 0 radical (unpaired) electrons. The summed E-state index contributed by atoms with van der Waals surface area (Å²) in [5.41, 5.74) is -1.40. The van der Waals surface area contributed by atoms with Crippen molar-refractivity contribution in [1.29, 1.82) is 0 Å². The summed E-state index contributed by atoms with van der Waals surface area (Å²) in [4.78, 5) is 20.2. The summed E-state index contributed by atoms with van der Waals surface area (Å²) in [5.74, 6) is 0. The third kappa shape index (κ3) is 2.26. The van der Waals surface area contributed by atoms with E-state index in [9.17, 15) is 18.0 Å². The topological polar surface area (TPSA) is 47.8 Å². The number of benzene rings is 1. The Kier molecular flexibility index (Phi) is 2.97. The Morgan fingerprint density at radius 1 is 1.10 bits per heavy atom. The maximum atomic E-state index is 13.0. The van der Waals surface area contributed by atoms with Gasteiger partial charge in [-0.1, -0.05) is 6.07 Å². The highest BCUT2D eigenvalue weighted by Crippen LogP contribution is 2.32. The van der Waals surface area contributed by atoms with E-state index >= 15 is 0 Å². The second kappa shape index (κ2) is 4.69. The van der Waals surface area contributed by atoms with Crippen molar-refractivity contribution in [3.05, 3.63) is 65.0 Å². The molecule has 0 fully saturated rings. The molecule has 0 spiro atoms. The normalized spacial score (nSPS) is 11.8. The summed E-state index contributed by atoms with van der Waals surface area (Å²) in [5, 5.41) is -0.448. The first-order chi connectivity index (χ1) is 9.98. The predicted octanol–water partition coefficient (Wildman–Crippen LogP) is 2.80. The second-order valence-electron chi connectivity index (χ2n) is 4.33. The number of pyridine rings is 1. The van der Waals surface area contributed by atoms with Gasteiger partial charge in [0, 0.05) is 6.20 Å². The van der Waals surface area contributed by atoms with Crippen LogP contribution in [0, 0.1) is 0 Å². The molecule has 0 saturated heterocycles. The molecule has 2 aromatic heterocycles. The van der Waals surface area contributed by atoms with Gasteiger partial charge >= 0.3 is 6.18 Å². The van der Waals surface area contributed by atoms with Crippen molar-refractivity contribution in [3.63, 3.8) is 0 Å². The van der Waals surface area contributed by atoms with Crippen LogP contribution in [0.3, 0.4) is 0 Å². The first-order valence-electron chi connectivity index (χ1n) is 5.96. The van der Waals surface area contributed by atoms with E-state index in [0.717, 1.165) is 10.6 Å². The van der Waals surface area contributed by atoms with Gasteiger partial charge in [-0.05, 0) is 24.3 Å². The van der Waals surface area contributed by atoms with Gasteiger partial charge in [-0.3, -0.25) is 14.3 Å². The summed E-state index contributed by atoms with van der Waals surface area (Å²) in [6.07, 6.45) is -0.536. The van der Waals surface area contributed by atoms with Crippen LogP contribution in [0.1, 0.15) is 5.56 Å². The second-order valence-corrected chi connectivity index (χ2v) is 4.33. The minimum absolute atomic E-state index is 0.00923. The number of rotatable bonds is 1. The van der Waals surface area contributed by atoms with Gasteiger partial charge in [-0.15, -0.1) is 0 Å². The van der Waals surface area contributed by atoms with E-state index in [4.69, 9.17) is 0 Å². The number of hydrogen-bond donors (Lipinski definition) is 0. The van der Waals surface area contributed by atoms with E-state index in [-0.39, 0.29) is 5.52 Å². The molecule has 106 valence electrons. The van der Waals surface area contributed by atoms with Gasteiger partial charge in [0.2, 0.25) is 0 Å². The van der Waals surface area contributed by atoms with Crippen molar-refractivity contribution in [2.24, 2.45) is 0 Å². The van der Waals surface area contributed by atoms with Crippen molar-refractivity contribution >= 4 is 10.9 Å². The Hall–Kier alpha value is -2.70. The number of nitrogens with zero attached hydrogens (tertiary/aromatic N) is 3. The van der Waals surface area contributed by atoms with E-state index in [0.29, 0.717) is 5.69 Å². The highest BCUT2D eigenvalue weighted by molar-refractivity contribution is 5.81. The van der Waals surface area contributed by atoms with Gasteiger partial charge in [-0.2, -0.15) is 13.2 Å². The molecular formula is C14H8F3N3O. The molecule has 7 heteroatoms.